The van der Waals surface area contributed by atoms with E-state index in [1.165, 1.54) is 56.3 Å². The number of hydrogen-bond donors (Lipinski definition) is 0. The maximum Gasteiger partial charge on any atom is 0.101 e. The third-order valence-corrected chi connectivity index (χ3v) is 10.7. The molecule has 5 nitrogen and oxygen atoms in total. The Morgan fingerprint density at radius 2 is 1.38 bits per heavy atom. The maximum absolute atomic E-state index is 9.23. The van der Waals surface area contributed by atoms with Gasteiger partial charge in [0.15, 0.2) is 0 Å². The van der Waals surface area contributed by atoms with Gasteiger partial charge >= 0.3 is 0 Å². The molecular weight excluding hydrogens is 516 g/mol. The number of halogens is 1. The Kier molecular flexibility index (Phi) is 8.20. The van der Waals surface area contributed by atoms with Crippen LogP contribution in [0.3, 0.4) is 0 Å². The number of nitriles is 1. The van der Waals surface area contributed by atoms with Gasteiger partial charge in [0, 0.05) is 55.8 Å². The van der Waals surface area contributed by atoms with Crippen LogP contribution in [0.5, 0.6) is 0 Å². The second kappa shape index (κ2) is 11.8. The molecule has 0 N–H and O–H groups in total. The summed E-state index contributed by atoms with van der Waals surface area (Å²) < 4.78 is 6.50. The number of hydrogen-bond acceptors (Lipinski definition) is 5. The van der Waals surface area contributed by atoms with Gasteiger partial charge in [0.1, 0.15) is 6.07 Å². The van der Waals surface area contributed by atoms with E-state index in [0.29, 0.717) is 34.3 Å². The van der Waals surface area contributed by atoms with Crippen LogP contribution in [-0.4, -0.2) is 51.0 Å². The van der Waals surface area contributed by atoms with Gasteiger partial charge in [-0.1, -0.05) is 18.5 Å². The summed E-state index contributed by atoms with van der Waals surface area (Å²) in [6.45, 7) is 10.2. The predicted octanol–water partition coefficient (Wildman–Crippen LogP) is 7.66. The van der Waals surface area contributed by atoms with E-state index >= 15 is 0 Å². The van der Waals surface area contributed by atoms with Crippen molar-refractivity contribution in [3.8, 4) is 6.07 Å². The van der Waals surface area contributed by atoms with E-state index in [1.807, 2.05) is 12.1 Å². The Labute approximate surface area is 246 Å². The maximum atomic E-state index is 9.23. The molecule has 3 heterocycles. The largest absolute Gasteiger partial charge is 0.375 e. The number of ether oxygens (including phenoxy) is 1. The van der Waals surface area contributed by atoms with Gasteiger partial charge in [-0.25, -0.2) is 0 Å². The average Bonchev–Trinajstić information content (AvgIpc) is 3.30. The molecule has 40 heavy (non-hydrogen) atoms. The number of piperidine rings is 2. The first kappa shape index (κ1) is 27.7. The summed E-state index contributed by atoms with van der Waals surface area (Å²) in [5.74, 6) is 0.882. The minimum atomic E-state index is 0.360. The van der Waals surface area contributed by atoms with E-state index in [2.05, 4.69) is 64.9 Å². The summed E-state index contributed by atoms with van der Waals surface area (Å²) in [4.78, 5) is 7.62. The highest BCUT2D eigenvalue weighted by Crippen LogP contribution is 2.46. The van der Waals surface area contributed by atoms with Crippen molar-refractivity contribution >= 4 is 28.7 Å². The van der Waals surface area contributed by atoms with Crippen molar-refractivity contribution in [3.63, 3.8) is 0 Å². The lowest BCUT2D eigenvalue weighted by Gasteiger charge is -2.41. The first-order valence-corrected chi connectivity index (χ1v) is 16.0. The van der Waals surface area contributed by atoms with Crippen molar-refractivity contribution in [1.29, 1.82) is 5.26 Å². The molecule has 2 aromatic rings. The molecule has 3 saturated heterocycles. The number of anilines is 3. The summed E-state index contributed by atoms with van der Waals surface area (Å²) in [5.41, 5.74) is 4.76. The van der Waals surface area contributed by atoms with E-state index < -0.39 is 0 Å². The Morgan fingerprint density at radius 1 is 0.800 bits per heavy atom. The van der Waals surface area contributed by atoms with Gasteiger partial charge in [-0.05, 0) is 119 Å². The normalized spacial score (nSPS) is 27.2. The molecule has 3 aliphatic heterocycles. The highest BCUT2D eigenvalue weighted by atomic mass is 35.5. The van der Waals surface area contributed by atoms with Crippen LogP contribution in [-0.2, 0) is 4.74 Å². The molecule has 1 spiro atoms. The third kappa shape index (κ3) is 5.95. The van der Waals surface area contributed by atoms with Crippen LogP contribution in [0.4, 0.5) is 17.1 Å². The lowest BCUT2D eigenvalue weighted by atomic mass is 9.76. The molecule has 4 aliphatic rings. The zero-order chi connectivity index (χ0) is 27.7. The Hall–Kier alpha value is -2.42. The quantitative estimate of drug-likeness (QED) is 0.375. The Bertz CT molecular complexity index is 1190. The minimum absolute atomic E-state index is 0.360. The van der Waals surface area contributed by atoms with Crippen LogP contribution in [0.15, 0.2) is 42.5 Å². The van der Waals surface area contributed by atoms with E-state index in [1.54, 1.807) is 0 Å². The van der Waals surface area contributed by atoms with Gasteiger partial charge in [-0.2, -0.15) is 5.26 Å². The second-order valence-corrected chi connectivity index (χ2v) is 13.6. The van der Waals surface area contributed by atoms with Gasteiger partial charge < -0.3 is 19.4 Å². The molecule has 1 saturated carbocycles. The second-order valence-electron chi connectivity index (χ2n) is 13.2. The highest BCUT2D eigenvalue weighted by molar-refractivity contribution is 6.32. The summed E-state index contributed by atoms with van der Waals surface area (Å²) in [6, 6.07) is 17.9. The van der Waals surface area contributed by atoms with Crippen LogP contribution >= 0.6 is 11.6 Å². The molecule has 214 valence electrons. The fourth-order valence-corrected chi connectivity index (χ4v) is 8.02. The third-order valence-electron chi connectivity index (χ3n) is 10.4. The summed E-state index contributed by atoms with van der Waals surface area (Å²) >= 11 is 6.36. The SMILES string of the molecule is CC1CCC(OC2CCN(c3ccc(N4CCC5(CC4)CC(C)N(c4ccc(C#N)c(Cl)c4)C5)cc3)CC2)CC1. The van der Waals surface area contributed by atoms with Gasteiger partial charge in [-0.3, -0.25) is 0 Å². The molecule has 6 rings (SSSR count). The van der Waals surface area contributed by atoms with Crippen molar-refractivity contribution in [2.45, 2.75) is 89.9 Å². The van der Waals surface area contributed by atoms with Gasteiger partial charge in [0.25, 0.3) is 0 Å². The van der Waals surface area contributed by atoms with E-state index in [0.717, 1.165) is 57.2 Å². The standard InChI is InChI=1S/C34H45ClN4O/c1-25-3-11-31(12-4-25)40-32-13-17-37(18-14-32)28-7-9-29(10-8-28)38-19-15-34(16-20-38)22-26(2)39(24-34)30-6-5-27(23-36)33(35)21-30/h5-10,21,25-26,31-32H,3-4,11-20,22,24H2,1-2H3. The lowest BCUT2D eigenvalue weighted by Crippen LogP contribution is -2.41. The smallest absolute Gasteiger partial charge is 0.101 e. The topological polar surface area (TPSA) is 42.7 Å². The highest BCUT2D eigenvalue weighted by Gasteiger charge is 2.44. The zero-order valence-electron chi connectivity index (χ0n) is 24.3. The molecule has 1 atom stereocenters. The Morgan fingerprint density at radius 3 is 1.98 bits per heavy atom. The summed E-state index contributed by atoms with van der Waals surface area (Å²) in [6.07, 6.45) is 12.1. The van der Waals surface area contributed by atoms with E-state index in [4.69, 9.17) is 16.3 Å². The van der Waals surface area contributed by atoms with E-state index in [9.17, 15) is 5.26 Å². The van der Waals surface area contributed by atoms with Gasteiger partial charge in [0.05, 0.1) is 22.8 Å². The summed E-state index contributed by atoms with van der Waals surface area (Å²) in [7, 11) is 0. The molecule has 4 fully saturated rings. The monoisotopic (exact) mass is 560 g/mol. The number of rotatable bonds is 5. The van der Waals surface area contributed by atoms with Crippen molar-refractivity contribution in [2.75, 3.05) is 47.4 Å². The molecule has 0 aromatic heterocycles. The molecular formula is C34H45ClN4O. The zero-order valence-corrected chi connectivity index (χ0v) is 25.1. The molecule has 1 aliphatic carbocycles. The number of nitrogens with zero attached hydrogens (tertiary/aromatic N) is 4. The minimum Gasteiger partial charge on any atom is -0.375 e. The van der Waals surface area contributed by atoms with Crippen molar-refractivity contribution < 1.29 is 4.74 Å². The predicted molar refractivity (Wildman–Crippen MR) is 166 cm³/mol. The summed E-state index contributed by atoms with van der Waals surface area (Å²) in [5, 5.41) is 9.79. The van der Waals surface area contributed by atoms with Crippen LogP contribution in [0.2, 0.25) is 5.02 Å². The van der Waals surface area contributed by atoms with Crippen LogP contribution in [0.25, 0.3) is 0 Å². The molecule has 0 bridgehead atoms. The van der Waals surface area contributed by atoms with Crippen molar-refractivity contribution in [1.82, 2.24) is 0 Å². The lowest BCUT2D eigenvalue weighted by molar-refractivity contribution is -0.0446. The van der Waals surface area contributed by atoms with Crippen molar-refractivity contribution in [3.05, 3.63) is 53.1 Å². The van der Waals surface area contributed by atoms with Crippen LogP contribution in [0.1, 0.15) is 77.2 Å². The number of benzene rings is 2. The van der Waals surface area contributed by atoms with Crippen molar-refractivity contribution in [2.24, 2.45) is 11.3 Å². The fourth-order valence-electron chi connectivity index (χ4n) is 7.80. The molecule has 0 amide bonds. The van der Waals surface area contributed by atoms with Crippen LogP contribution in [0, 0.1) is 22.7 Å². The molecule has 6 heteroatoms. The first-order chi connectivity index (χ1) is 19.4. The van der Waals surface area contributed by atoms with E-state index in [-0.39, 0.29) is 0 Å². The fraction of sp³-hybridized carbons (Fsp3) is 0.618. The van der Waals surface area contributed by atoms with Gasteiger partial charge in [-0.15, -0.1) is 0 Å². The molecule has 2 aromatic carbocycles. The first-order valence-electron chi connectivity index (χ1n) is 15.6. The van der Waals surface area contributed by atoms with Crippen LogP contribution < -0.4 is 14.7 Å². The molecule has 0 radical (unpaired) electrons. The molecule has 1 unspecified atom stereocenters. The average molecular weight is 561 g/mol. The Balaban J connectivity index is 0.993. The van der Waals surface area contributed by atoms with Gasteiger partial charge in [0.2, 0.25) is 0 Å².